The van der Waals surface area contributed by atoms with Gasteiger partial charge in [-0.15, -0.1) is 0 Å². The van der Waals surface area contributed by atoms with Crippen molar-refractivity contribution in [3.8, 4) is 0 Å². The van der Waals surface area contributed by atoms with Crippen LogP contribution in [0.1, 0.15) is 40.0 Å². The fourth-order valence-electron chi connectivity index (χ4n) is 1.75. The Morgan fingerprint density at radius 3 is 2.83 bits per heavy atom. The second-order valence-electron chi connectivity index (χ2n) is 3.90. The van der Waals surface area contributed by atoms with Crippen molar-refractivity contribution in [3.05, 3.63) is 0 Å². The maximum Gasteiger partial charge on any atom is 0.0996 e. The van der Waals surface area contributed by atoms with Crippen LogP contribution in [0.25, 0.3) is 0 Å². The standard InChI is InChI=1S/C10H21NO/c1-4-5-6-10-7-12-8-11(10)9(2)3/h9-10H,4-8H2,1-3H3. The zero-order chi connectivity index (χ0) is 8.97. The van der Waals surface area contributed by atoms with E-state index in [0.717, 1.165) is 13.3 Å². The van der Waals surface area contributed by atoms with E-state index in [-0.39, 0.29) is 0 Å². The van der Waals surface area contributed by atoms with Crippen molar-refractivity contribution in [3.63, 3.8) is 0 Å². The summed E-state index contributed by atoms with van der Waals surface area (Å²) in [5.41, 5.74) is 0. The molecule has 0 aromatic rings. The van der Waals surface area contributed by atoms with Crippen LogP contribution in [-0.4, -0.2) is 30.3 Å². The molecule has 0 amide bonds. The lowest BCUT2D eigenvalue weighted by Gasteiger charge is -2.25. The molecule has 0 N–H and O–H groups in total. The SMILES string of the molecule is CCCCC1COCN1C(C)C. The predicted octanol–water partition coefficient (Wildman–Crippen LogP) is 2.24. The molecule has 0 bridgehead atoms. The summed E-state index contributed by atoms with van der Waals surface area (Å²) in [5.74, 6) is 0. The molecule has 0 spiro atoms. The number of ether oxygens (including phenoxy) is 1. The van der Waals surface area contributed by atoms with Gasteiger partial charge in [-0.05, 0) is 20.3 Å². The van der Waals surface area contributed by atoms with Crippen LogP contribution in [0, 0.1) is 0 Å². The zero-order valence-corrected chi connectivity index (χ0v) is 8.55. The van der Waals surface area contributed by atoms with E-state index in [4.69, 9.17) is 4.74 Å². The Balaban J connectivity index is 2.30. The molecule has 1 fully saturated rings. The first-order valence-electron chi connectivity index (χ1n) is 5.09. The fourth-order valence-corrected chi connectivity index (χ4v) is 1.75. The third-order valence-electron chi connectivity index (χ3n) is 2.57. The second kappa shape index (κ2) is 4.83. The number of unbranched alkanes of at least 4 members (excludes halogenated alkanes) is 1. The highest BCUT2D eigenvalue weighted by Crippen LogP contribution is 2.17. The van der Waals surface area contributed by atoms with Crippen LogP contribution in [0.5, 0.6) is 0 Å². The molecule has 2 heteroatoms. The zero-order valence-electron chi connectivity index (χ0n) is 8.55. The third kappa shape index (κ3) is 2.46. The molecule has 0 radical (unpaired) electrons. The van der Waals surface area contributed by atoms with Crippen molar-refractivity contribution in [1.29, 1.82) is 0 Å². The van der Waals surface area contributed by atoms with Crippen LogP contribution >= 0.6 is 0 Å². The summed E-state index contributed by atoms with van der Waals surface area (Å²) in [7, 11) is 0. The van der Waals surface area contributed by atoms with Gasteiger partial charge in [-0.2, -0.15) is 0 Å². The van der Waals surface area contributed by atoms with E-state index in [9.17, 15) is 0 Å². The third-order valence-corrected chi connectivity index (χ3v) is 2.57. The molecule has 12 heavy (non-hydrogen) atoms. The quantitative estimate of drug-likeness (QED) is 0.643. The molecule has 0 aliphatic carbocycles. The summed E-state index contributed by atoms with van der Waals surface area (Å²) in [4.78, 5) is 2.45. The summed E-state index contributed by atoms with van der Waals surface area (Å²) in [6, 6.07) is 1.32. The van der Waals surface area contributed by atoms with Gasteiger partial charge in [-0.25, -0.2) is 0 Å². The van der Waals surface area contributed by atoms with Crippen LogP contribution in [0.2, 0.25) is 0 Å². The first-order chi connectivity index (χ1) is 5.75. The average molecular weight is 171 g/mol. The van der Waals surface area contributed by atoms with Crippen LogP contribution in [-0.2, 0) is 4.74 Å². The summed E-state index contributed by atoms with van der Waals surface area (Å²) in [6.45, 7) is 8.51. The van der Waals surface area contributed by atoms with Crippen molar-refractivity contribution >= 4 is 0 Å². The molecular formula is C10H21NO. The number of nitrogens with zero attached hydrogens (tertiary/aromatic N) is 1. The van der Waals surface area contributed by atoms with E-state index in [0.29, 0.717) is 12.1 Å². The first-order valence-corrected chi connectivity index (χ1v) is 5.09. The molecule has 1 saturated heterocycles. The van der Waals surface area contributed by atoms with E-state index in [1.807, 2.05) is 0 Å². The molecule has 1 heterocycles. The lowest BCUT2D eigenvalue weighted by atomic mass is 10.1. The van der Waals surface area contributed by atoms with Gasteiger partial charge < -0.3 is 4.74 Å². The van der Waals surface area contributed by atoms with Crippen LogP contribution in [0.15, 0.2) is 0 Å². The second-order valence-corrected chi connectivity index (χ2v) is 3.90. The van der Waals surface area contributed by atoms with Crippen LogP contribution in [0.4, 0.5) is 0 Å². The molecule has 1 aliphatic heterocycles. The highest BCUT2D eigenvalue weighted by molar-refractivity contribution is 4.76. The van der Waals surface area contributed by atoms with Crippen molar-refractivity contribution in [1.82, 2.24) is 4.90 Å². The average Bonchev–Trinajstić information content (AvgIpc) is 2.48. The lowest BCUT2D eigenvalue weighted by Crippen LogP contribution is -2.36. The normalized spacial score (nSPS) is 25.5. The number of rotatable bonds is 4. The van der Waals surface area contributed by atoms with Gasteiger partial charge in [-0.3, -0.25) is 4.90 Å². The Bertz CT molecular complexity index is 125. The van der Waals surface area contributed by atoms with Crippen LogP contribution < -0.4 is 0 Å². The van der Waals surface area contributed by atoms with Gasteiger partial charge in [0.2, 0.25) is 0 Å². The van der Waals surface area contributed by atoms with Crippen molar-refractivity contribution in [2.75, 3.05) is 13.3 Å². The molecule has 72 valence electrons. The predicted molar refractivity (Wildman–Crippen MR) is 51.1 cm³/mol. The van der Waals surface area contributed by atoms with Gasteiger partial charge in [0, 0.05) is 12.1 Å². The van der Waals surface area contributed by atoms with Gasteiger partial charge in [0.25, 0.3) is 0 Å². The minimum absolute atomic E-state index is 0.634. The lowest BCUT2D eigenvalue weighted by molar-refractivity contribution is 0.117. The minimum atomic E-state index is 0.634. The minimum Gasteiger partial charge on any atom is -0.364 e. The molecule has 0 aromatic heterocycles. The van der Waals surface area contributed by atoms with E-state index in [2.05, 4.69) is 25.7 Å². The Morgan fingerprint density at radius 2 is 2.25 bits per heavy atom. The van der Waals surface area contributed by atoms with Crippen LogP contribution in [0.3, 0.4) is 0 Å². The van der Waals surface area contributed by atoms with Crippen molar-refractivity contribution in [2.45, 2.75) is 52.1 Å². The smallest absolute Gasteiger partial charge is 0.0996 e. The van der Waals surface area contributed by atoms with Crippen molar-refractivity contribution < 1.29 is 4.74 Å². The topological polar surface area (TPSA) is 12.5 Å². The highest BCUT2D eigenvalue weighted by atomic mass is 16.5. The molecule has 0 saturated carbocycles. The van der Waals surface area contributed by atoms with Gasteiger partial charge in [0.1, 0.15) is 0 Å². The Labute approximate surface area is 75.9 Å². The maximum absolute atomic E-state index is 5.45. The molecule has 1 atom stereocenters. The number of hydrogen-bond donors (Lipinski definition) is 0. The molecule has 2 nitrogen and oxygen atoms in total. The first kappa shape index (κ1) is 10.0. The monoisotopic (exact) mass is 171 g/mol. The summed E-state index contributed by atoms with van der Waals surface area (Å²) >= 11 is 0. The van der Waals surface area contributed by atoms with Gasteiger partial charge >= 0.3 is 0 Å². The summed E-state index contributed by atoms with van der Waals surface area (Å²) < 4.78 is 5.45. The van der Waals surface area contributed by atoms with E-state index < -0.39 is 0 Å². The summed E-state index contributed by atoms with van der Waals surface area (Å²) in [6.07, 6.45) is 3.92. The van der Waals surface area contributed by atoms with Gasteiger partial charge in [0.15, 0.2) is 0 Å². The Hall–Kier alpha value is -0.0800. The van der Waals surface area contributed by atoms with Crippen molar-refractivity contribution in [2.24, 2.45) is 0 Å². The molecule has 1 unspecified atom stereocenters. The van der Waals surface area contributed by atoms with E-state index >= 15 is 0 Å². The highest BCUT2D eigenvalue weighted by Gasteiger charge is 2.26. The molecular weight excluding hydrogens is 150 g/mol. The number of hydrogen-bond acceptors (Lipinski definition) is 2. The maximum atomic E-state index is 5.45. The molecule has 1 aliphatic rings. The summed E-state index contributed by atoms with van der Waals surface area (Å²) in [5, 5.41) is 0. The van der Waals surface area contributed by atoms with E-state index in [1.54, 1.807) is 0 Å². The molecule has 1 rings (SSSR count). The Kier molecular flexibility index (Phi) is 4.02. The van der Waals surface area contributed by atoms with Gasteiger partial charge in [-0.1, -0.05) is 19.8 Å². The van der Waals surface area contributed by atoms with Gasteiger partial charge in [0.05, 0.1) is 13.3 Å². The van der Waals surface area contributed by atoms with E-state index in [1.165, 1.54) is 19.3 Å². The Morgan fingerprint density at radius 1 is 1.50 bits per heavy atom. The largest absolute Gasteiger partial charge is 0.364 e. The molecule has 0 aromatic carbocycles. The fraction of sp³-hybridized carbons (Fsp3) is 1.00.